The van der Waals surface area contributed by atoms with Crippen LogP contribution in [0.3, 0.4) is 0 Å². The number of urea groups is 1. The minimum Gasteiger partial charge on any atom is -0.463 e. The number of ether oxygens (including phenoxy) is 1. The van der Waals surface area contributed by atoms with E-state index in [-0.39, 0.29) is 23.4 Å². The molecule has 0 aromatic carbocycles. The van der Waals surface area contributed by atoms with Gasteiger partial charge in [-0.15, -0.1) is 0 Å². The van der Waals surface area contributed by atoms with Gasteiger partial charge in [0, 0.05) is 18.6 Å². The lowest BCUT2D eigenvalue weighted by atomic mass is 9.44. The van der Waals surface area contributed by atoms with Crippen LogP contribution in [0, 0.1) is 52.3 Å². The second kappa shape index (κ2) is 10.6. The van der Waals surface area contributed by atoms with Gasteiger partial charge in [0.25, 0.3) is 0 Å². The SMILES string of the molecule is CC(=O)O[C@H]1CC[C@@]2(C)[C@H](C1)/C(=N\NC(N)=O)C[C@@H]1[C@@H]2CC[C@]2(C)[C@@H]([C@H](C)CCCC(C)C)CC[C@@H]12. The van der Waals surface area contributed by atoms with Crippen LogP contribution in [0.2, 0.25) is 0 Å². The third-order valence-corrected chi connectivity index (χ3v) is 11.3. The summed E-state index contributed by atoms with van der Waals surface area (Å²) in [5, 5.41) is 4.62. The third kappa shape index (κ3) is 5.20. The number of amides is 2. The number of nitrogens with one attached hydrogen (secondary N) is 1. The zero-order valence-corrected chi connectivity index (χ0v) is 23.6. The molecule has 2 amide bonds. The largest absolute Gasteiger partial charge is 0.463 e. The summed E-state index contributed by atoms with van der Waals surface area (Å²) in [4.78, 5) is 23.3. The predicted octanol–water partition coefficient (Wildman–Crippen LogP) is 6.67. The average Bonchev–Trinajstić information content (AvgIpc) is 3.14. The molecule has 3 N–H and O–H groups in total. The van der Waals surface area contributed by atoms with E-state index in [1.54, 1.807) is 0 Å². The molecular weight excluding hydrogens is 450 g/mol. The Hall–Kier alpha value is -1.59. The van der Waals surface area contributed by atoms with E-state index in [0.717, 1.165) is 55.1 Å². The van der Waals surface area contributed by atoms with Crippen molar-refractivity contribution in [3.8, 4) is 0 Å². The van der Waals surface area contributed by atoms with Crippen molar-refractivity contribution in [2.75, 3.05) is 0 Å². The Morgan fingerprint density at radius 3 is 2.42 bits per heavy atom. The van der Waals surface area contributed by atoms with E-state index in [9.17, 15) is 9.59 Å². The number of hydrogen-bond donors (Lipinski definition) is 2. The van der Waals surface area contributed by atoms with Gasteiger partial charge in [0.05, 0.1) is 0 Å². The highest BCUT2D eigenvalue weighted by Crippen LogP contribution is 2.68. The monoisotopic (exact) mass is 501 g/mol. The van der Waals surface area contributed by atoms with E-state index >= 15 is 0 Å². The van der Waals surface area contributed by atoms with Crippen molar-refractivity contribution in [1.29, 1.82) is 0 Å². The molecule has 4 aliphatic carbocycles. The molecule has 0 radical (unpaired) electrons. The van der Waals surface area contributed by atoms with E-state index in [0.29, 0.717) is 17.3 Å². The second-order valence-electron chi connectivity index (χ2n) is 13.8. The maximum absolute atomic E-state index is 11.7. The Kier molecular flexibility index (Phi) is 8.12. The molecule has 6 nitrogen and oxygen atoms in total. The molecule has 4 fully saturated rings. The summed E-state index contributed by atoms with van der Waals surface area (Å²) in [5.41, 5.74) is 9.59. The lowest BCUT2D eigenvalue weighted by molar-refractivity contribution is -0.153. The Balaban J connectivity index is 1.57. The van der Waals surface area contributed by atoms with Crippen molar-refractivity contribution >= 4 is 17.7 Å². The zero-order valence-electron chi connectivity index (χ0n) is 23.6. The number of esters is 1. The quantitative estimate of drug-likeness (QED) is 0.301. The smallest absolute Gasteiger partial charge is 0.332 e. The molecule has 4 saturated carbocycles. The Labute approximate surface area is 218 Å². The fraction of sp³-hybridized carbons (Fsp3) is 0.900. The molecule has 0 aliphatic heterocycles. The summed E-state index contributed by atoms with van der Waals surface area (Å²) < 4.78 is 5.66. The van der Waals surface area contributed by atoms with Crippen molar-refractivity contribution in [2.45, 2.75) is 118 Å². The number of carbonyl (C=O) groups is 2. The number of hydrogen-bond acceptors (Lipinski definition) is 4. The van der Waals surface area contributed by atoms with Crippen molar-refractivity contribution in [2.24, 2.45) is 63.1 Å². The Bertz CT molecular complexity index is 856. The predicted molar refractivity (Wildman–Crippen MR) is 144 cm³/mol. The van der Waals surface area contributed by atoms with Gasteiger partial charge in [0.1, 0.15) is 6.10 Å². The van der Waals surface area contributed by atoms with Gasteiger partial charge in [-0.3, -0.25) is 4.79 Å². The van der Waals surface area contributed by atoms with Gasteiger partial charge in [-0.05, 0) is 97.7 Å². The maximum atomic E-state index is 11.7. The molecule has 4 rings (SSSR count). The lowest BCUT2D eigenvalue weighted by Crippen LogP contribution is -2.57. The van der Waals surface area contributed by atoms with Crippen LogP contribution >= 0.6 is 0 Å². The first-order chi connectivity index (χ1) is 17.0. The number of rotatable bonds is 7. The summed E-state index contributed by atoms with van der Waals surface area (Å²) in [6, 6.07) is -0.608. The minimum atomic E-state index is -0.608. The standard InChI is InChI=1S/C30H51N3O3/c1-18(2)8-7-9-19(3)23-10-11-24-22-17-27(32-33-28(31)35)26-16-21(36-20(4)34)12-14-30(26,6)25(22)13-15-29(23,24)5/h18-19,21-26H,7-17H2,1-6H3,(H3,31,33,35)/b32-27-/t19-,21+,22+,23-,24+,25+,26-,29-,30-/m1/s1. The van der Waals surface area contributed by atoms with Crippen LogP contribution in [0.5, 0.6) is 0 Å². The molecular formula is C30H51N3O3. The van der Waals surface area contributed by atoms with Crippen LogP contribution in [0.4, 0.5) is 4.79 Å². The van der Waals surface area contributed by atoms with Gasteiger partial charge in [0.15, 0.2) is 0 Å². The van der Waals surface area contributed by atoms with Crippen LogP contribution < -0.4 is 11.2 Å². The lowest BCUT2D eigenvalue weighted by Gasteiger charge is -2.61. The summed E-state index contributed by atoms with van der Waals surface area (Å²) in [6.45, 7) is 13.7. The van der Waals surface area contributed by atoms with Crippen molar-refractivity contribution in [3.05, 3.63) is 0 Å². The molecule has 204 valence electrons. The van der Waals surface area contributed by atoms with Gasteiger partial charge in [-0.1, -0.05) is 53.9 Å². The first-order valence-electron chi connectivity index (χ1n) is 14.7. The van der Waals surface area contributed by atoms with Crippen LogP contribution in [-0.4, -0.2) is 23.8 Å². The maximum Gasteiger partial charge on any atom is 0.332 e. The van der Waals surface area contributed by atoms with Crippen molar-refractivity contribution < 1.29 is 14.3 Å². The third-order valence-electron chi connectivity index (χ3n) is 11.3. The van der Waals surface area contributed by atoms with Gasteiger partial charge in [0.2, 0.25) is 0 Å². The van der Waals surface area contributed by atoms with Gasteiger partial charge in [-0.25, -0.2) is 10.2 Å². The molecule has 0 bridgehead atoms. The van der Waals surface area contributed by atoms with E-state index in [2.05, 4.69) is 45.1 Å². The van der Waals surface area contributed by atoms with E-state index < -0.39 is 6.03 Å². The number of primary amides is 1. The van der Waals surface area contributed by atoms with Crippen LogP contribution in [0.1, 0.15) is 112 Å². The van der Waals surface area contributed by atoms with E-state index in [1.807, 2.05) is 0 Å². The van der Waals surface area contributed by atoms with Gasteiger partial charge < -0.3 is 10.5 Å². The van der Waals surface area contributed by atoms with Crippen molar-refractivity contribution in [1.82, 2.24) is 5.43 Å². The molecule has 0 aromatic heterocycles. The first kappa shape index (κ1) is 27.4. The Morgan fingerprint density at radius 2 is 1.75 bits per heavy atom. The summed E-state index contributed by atoms with van der Waals surface area (Å²) in [7, 11) is 0. The molecule has 0 heterocycles. The number of carbonyl (C=O) groups excluding carboxylic acids is 2. The Morgan fingerprint density at radius 1 is 1.06 bits per heavy atom. The fourth-order valence-corrected chi connectivity index (χ4v) is 9.65. The molecule has 0 aromatic rings. The highest BCUT2D eigenvalue weighted by Gasteiger charge is 2.62. The fourth-order valence-electron chi connectivity index (χ4n) is 9.65. The molecule has 0 spiro atoms. The summed E-state index contributed by atoms with van der Waals surface area (Å²) in [5.74, 6) is 4.39. The van der Waals surface area contributed by atoms with E-state index in [1.165, 1.54) is 51.9 Å². The van der Waals surface area contributed by atoms with Gasteiger partial charge in [-0.2, -0.15) is 5.10 Å². The topological polar surface area (TPSA) is 93.8 Å². The van der Waals surface area contributed by atoms with Crippen LogP contribution in [0.15, 0.2) is 5.10 Å². The molecule has 4 aliphatic rings. The number of hydrazone groups is 1. The molecule has 36 heavy (non-hydrogen) atoms. The highest BCUT2D eigenvalue weighted by molar-refractivity contribution is 5.90. The average molecular weight is 502 g/mol. The highest BCUT2D eigenvalue weighted by atomic mass is 16.5. The van der Waals surface area contributed by atoms with Gasteiger partial charge >= 0.3 is 12.0 Å². The van der Waals surface area contributed by atoms with Crippen LogP contribution in [-0.2, 0) is 9.53 Å². The zero-order chi connectivity index (χ0) is 26.3. The molecule has 0 saturated heterocycles. The molecule has 9 atom stereocenters. The first-order valence-corrected chi connectivity index (χ1v) is 14.7. The molecule has 6 heteroatoms. The van der Waals surface area contributed by atoms with E-state index in [4.69, 9.17) is 10.5 Å². The normalized spacial score (nSPS) is 41.8. The summed E-state index contributed by atoms with van der Waals surface area (Å²) >= 11 is 0. The van der Waals surface area contributed by atoms with Crippen LogP contribution in [0.25, 0.3) is 0 Å². The van der Waals surface area contributed by atoms with Crippen molar-refractivity contribution in [3.63, 3.8) is 0 Å². The molecule has 0 unspecified atom stereocenters. The number of nitrogens with zero attached hydrogens (tertiary/aromatic N) is 1. The number of nitrogens with two attached hydrogens (primary N) is 1. The summed E-state index contributed by atoms with van der Waals surface area (Å²) in [6.07, 6.45) is 13.0. The minimum absolute atomic E-state index is 0.0627. The number of fused-ring (bicyclic) bond motifs is 5. The second-order valence-corrected chi connectivity index (χ2v) is 13.8.